The largest absolute Gasteiger partial charge is 0.294 e. The Labute approximate surface area is 147 Å². The topological polar surface area (TPSA) is 70.0 Å². The molecule has 1 fully saturated rings. The van der Waals surface area contributed by atoms with Crippen molar-refractivity contribution in [3.05, 3.63) is 51.8 Å². The van der Waals surface area contributed by atoms with E-state index >= 15 is 0 Å². The fourth-order valence-electron chi connectivity index (χ4n) is 3.26. The minimum absolute atomic E-state index is 0.120. The minimum Gasteiger partial charge on any atom is -0.294 e. The molecule has 3 heterocycles. The Balaban J connectivity index is 1.74. The molecule has 25 heavy (non-hydrogen) atoms. The lowest BCUT2D eigenvalue weighted by Crippen LogP contribution is -2.20. The van der Waals surface area contributed by atoms with Crippen LogP contribution in [0.15, 0.2) is 35.5 Å². The van der Waals surface area contributed by atoms with Crippen LogP contribution in [0.2, 0.25) is 5.02 Å². The third kappa shape index (κ3) is 2.26. The average molecular weight is 355 g/mol. The Morgan fingerprint density at radius 3 is 2.96 bits per heavy atom. The van der Waals surface area contributed by atoms with Crippen LogP contribution in [0, 0.1) is 5.92 Å². The maximum atomic E-state index is 12.8. The first-order valence-electron chi connectivity index (χ1n) is 8.19. The molecular weight excluding hydrogens is 340 g/mol. The second-order valence-corrected chi connectivity index (χ2v) is 7.03. The van der Waals surface area contributed by atoms with Crippen LogP contribution in [0.5, 0.6) is 0 Å². The highest BCUT2D eigenvalue weighted by atomic mass is 35.5. The predicted octanol–water partition coefficient (Wildman–Crippen LogP) is 2.37. The zero-order chi connectivity index (χ0) is 17.1. The van der Waals surface area contributed by atoms with Crippen LogP contribution in [-0.4, -0.2) is 28.9 Å². The molecule has 0 aliphatic heterocycles. The molecule has 0 N–H and O–H groups in total. The monoisotopic (exact) mass is 354 g/mol. The summed E-state index contributed by atoms with van der Waals surface area (Å²) in [6.07, 6.45) is 7.08. The van der Waals surface area contributed by atoms with E-state index in [0.29, 0.717) is 21.9 Å². The molecule has 1 aliphatic rings. The number of hydrogen-bond acceptors (Lipinski definition) is 4. The predicted molar refractivity (Wildman–Crippen MR) is 94.3 cm³/mol. The number of imidazole rings is 1. The number of aryl methyl sites for hydroxylation is 1. The molecule has 0 amide bonds. The first-order valence-corrected chi connectivity index (χ1v) is 8.56. The van der Waals surface area contributed by atoms with Crippen LogP contribution in [0.25, 0.3) is 22.4 Å². The Hall–Kier alpha value is -2.67. The quantitative estimate of drug-likeness (QED) is 0.566. The van der Waals surface area contributed by atoms with Crippen LogP contribution in [-0.2, 0) is 13.5 Å². The smallest absolute Gasteiger partial charge is 0.261 e. The summed E-state index contributed by atoms with van der Waals surface area (Å²) in [6.45, 7) is 0. The summed E-state index contributed by atoms with van der Waals surface area (Å²) in [7, 11) is 1.73. The van der Waals surface area contributed by atoms with Gasteiger partial charge in [0.1, 0.15) is 6.33 Å². The standard InChI is InChI=1S/C17H15ClN6O/c1-22-16-15(24-8-12(20-21-24)6-10-2-3-10)19-9-23(16)14-5-4-11(18)7-13(14)17(22)25/h4-5,7-10H,2-3,6H2,1H3. The van der Waals surface area contributed by atoms with Gasteiger partial charge >= 0.3 is 0 Å². The van der Waals surface area contributed by atoms with Gasteiger partial charge in [-0.2, -0.15) is 4.68 Å². The molecule has 0 unspecified atom stereocenters. The van der Waals surface area contributed by atoms with Crippen LogP contribution in [0.1, 0.15) is 18.5 Å². The van der Waals surface area contributed by atoms with E-state index in [4.69, 9.17) is 11.6 Å². The summed E-state index contributed by atoms with van der Waals surface area (Å²) in [5.74, 6) is 1.33. The molecule has 5 rings (SSSR count). The van der Waals surface area contributed by atoms with Crippen molar-refractivity contribution in [2.75, 3.05) is 0 Å². The van der Waals surface area contributed by atoms with Gasteiger partial charge in [-0.05, 0) is 43.4 Å². The maximum Gasteiger partial charge on any atom is 0.261 e. The molecule has 0 saturated heterocycles. The number of aromatic nitrogens is 6. The van der Waals surface area contributed by atoms with E-state index in [9.17, 15) is 4.79 Å². The highest BCUT2D eigenvalue weighted by molar-refractivity contribution is 6.31. The minimum atomic E-state index is -0.120. The van der Waals surface area contributed by atoms with Crippen molar-refractivity contribution in [1.82, 2.24) is 28.9 Å². The van der Waals surface area contributed by atoms with E-state index < -0.39 is 0 Å². The molecule has 3 aromatic heterocycles. The van der Waals surface area contributed by atoms with Gasteiger partial charge in [-0.25, -0.2) is 4.98 Å². The van der Waals surface area contributed by atoms with Gasteiger partial charge in [0.25, 0.3) is 5.56 Å². The summed E-state index contributed by atoms with van der Waals surface area (Å²) in [5.41, 5.74) is 2.27. The zero-order valence-corrected chi connectivity index (χ0v) is 14.3. The highest BCUT2D eigenvalue weighted by Gasteiger charge is 2.23. The molecule has 1 saturated carbocycles. The number of benzene rings is 1. The van der Waals surface area contributed by atoms with Gasteiger partial charge in [-0.3, -0.25) is 13.8 Å². The normalized spacial score (nSPS) is 14.6. The second-order valence-electron chi connectivity index (χ2n) is 6.59. The number of fused-ring (bicyclic) bond motifs is 3. The van der Waals surface area contributed by atoms with Crippen molar-refractivity contribution >= 4 is 28.2 Å². The van der Waals surface area contributed by atoms with Crippen molar-refractivity contribution in [2.45, 2.75) is 19.3 Å². The van der Waals surface area contributed by atoms with Crippen molar-refractivity contribution in [1.29, 1.82) is 0 Å². The third-order valence-corrected chi connectivity index (χ3v) is 4.98. The Morgan fingerprint density at radius 2 is 2.16 bits per heavy atom. The molecule has 4 aromatic rings. The molecule has 126 valence electrons. The van der Waals surface area contributed by atoms with Crippen LogP contribution >= 0.6 is 11.6 Å². The second kappa shape index (κ2) is 5.16. The van der Waals surface area contributed by atoms with Crippen LogP contribution < -0.4 is 5.56 Å². The van der Waals surface area contributed by atoms with E-state index in [2.05, 4.69) is 15.3 Å². The third-order valence-electron chi connectivity index (χ3n) is 4.75. The van der Waals surface area contributed by atoms with Crippen molar-refractivity contribution in [2.24, 2.45) is 13.0 Å². The molecule has 0 radical (unpaired) electrons. The molecule has 8 heteroatoms. The maximum absolute atomic E-state index is 12.8. The van der Waals surface area contributed by atoms with E-state index in [0.717, 1.165) is 23.5 Å². The van der Waals surface area contributed by atoms with Gasteiger partial charge in [-0.15, -0.1) is 5.10 Å². The lowest BCUT2D eigenvalue weighted by atomic mass is 10.2. The van der Waals surface area contributed by atoms with Gasteiger partial charge < -0.3 is 0 Å². The molecule has 0 atom stereocenters. The van der Waals surface area contributed by atoms with Gasteiger partial charge in [-0.1, -0.05) is 16.8 Å². The highest BCUT2D eigenvalue weighted by Crippen LogP contribution is 2.32. The van der Waals surface area contributed by atoms with Gasteiger partial charge in [0, 0.05) is 12.1 Å². The lowest BCUT2D eigenvalue weighted by molar-refractivity contribution is 0.763. The van der Waals surface area contributed by atoms with Gasteiger partial charge in [0.15, 0.2) is 11.5 Å². The van der Waals surface area contributed by atoms with Crippen LogP contribution in [0.3, 0.4) is 0 Å². The Kier molecular flexibility index (Phi) is 3.03. The van der Waals surface area contributed by atoms with E-state index in [-0.39, 0.29) is 5.56 Å². The first-order chi connectivity index (χ1) is 12.1. The summed E-state index contributed by atoms with van der Waals surface area (Å²) < 4.78 is 5.10. The summed E-state index contributed by atoms with van der Waals surface area (Å²) in [4.78, 5) is 17.2. The van der Waals surface area contributed by atoms with E-state index in [1.54, 1.807) is 34.8 Å². The summed E-state index contributed by atoms with van der Waals surface area (Å²) in [5, 5.41) is 9.54. The van der Waals surface area contributed by atoms with E-state index in [1.165, 1.54) is 12.8 Å². The fourth-order valence-corrected chi connectivity index (χ4v) is 3.43. The van der Waals surface area contributed by atoms with Crippen molar-refractivity contribution in [3.63, 3.8) is 0 Å². The Morgan fingerprint density at radius 1 is 1.32 bits per heavy atom. The zero-order valence-electron chi connectivity index (χ0n) is 13.6. The fraction of sp³-hybridized carbons (Fsp3) is 0.294. The molecule has 1 aliphatic carbocycles. The van der Waals surface area contributed by atoms with Crippen molar-refractivity contribution in [3.8, 4) is 5.82 Å². The van der Waals surface area contributed by atoms with Crippen LogP contribution in [0.4, 0.5) is 0 Å². The van der Waals surface area contributed by atoms with E-state index in [1.807, 2.05) is 16.7 Å². The number of hydrogen-bond donors (Lipinski definition) is 0. The first kappa shape index (κ1) is 14.7. The number of halogens is 1. The molecule has 1 aromatic carbocycles. The van der Waals surface area contributed by atoms with Gasteiger partial charge in [0.05, 0.1) is 22.8 Å². The van der Waals surface area contributed by atoms with Gasteiger partial charge in [0.2, 0.25) is 0 Å². The molecular formula is C17H15ClN6O. The van der Waals surface area contributed by atoms with Crippen molar-refractivity contribution < 1.29 is 0 Å². The molecule has 0 bridgehead atoms. The number of rotatable bonds is 3. The lowest BCUT2D eigenvalue weighted by Gasteiger charge is -2.08. The Bertz CT molecular complexity index is 1180. The molecule has 0 spiro atoms. The summed E-state index contributed by atoms with van der Waals surface area (Å²) >= 11 is 6.05. The molecule has 7 nitrogen and oxygen atoms in total. The summed E-state index contributed by atoms with van der Waals surface area (Å²) in [6, 6.07) is 5.28. The SMILES string of the molecule is Cn1c(=O)c2cc(Cl)ccc2n2cnc(-n3cc(CC4CC4)nn3)c12. The number of nitrogens with zero attached hydrogens (tertiary/aromatic N) is 6. The average Bonchev–Trinajstić information content (AvgIpc) is 3.11.